The van der Waals surface area contributed by atoms with Gasteiger partial charge in [0.05, 0.1) is 11.2 Å². The fraction of sp³-hybridized carbons (Fsp3) is 0.562. The first-order chi connectivity index (χ1) is 9.79. The van der Waals surface area contributed by atoms with Gasteiger partial charge in [0.25, 0.3) is 0 Å². The maximum Gasteiger partial charge on any atom is 0.109 e. The summed E-state index contributed by atoms with van der Waals surface area (Å²) in [5.74, 6) is 0.182. The maximum atomic E-state index is 14.5. The second-order valence-electron chi connectivity index (χ2n) is 5.59. The summed E-state index contributed by atoms with van der Waals surface area (Å²) >= 11 is 0. The van der Waals surface area contributed by atoms with Crippen LogP contribution in [0.3, 0.4) is 0 Å². The first kappa shape index (κ1) is 13.6. The zero-order chi connectivity index (χ0) is 13.9. The zero-order valence-corrected chi connectivity index (χ0v) is 12.0. The standard InChI is InChI=1S/C16H22FN3/c1-2-20-16-6-4-3-5-13(16)15(19-20)11-14(17)12-7-9-18-10-8-12/h3-6,12,14,18H,2,7-11H2,1H3. The first-order valence-corrected chi connectivity index (χ1v) is 7.58. The number of alkyl halides is 1. The van der Waals surface area contributed by atoms with E-state index >= 15 is 0 Å². The molecule has 3 rings (SSSR count). The predicted octanol–water partition coefficient (Wildman–Crippen LogP) is 2.94. The highest BCUT2D eigenvalue weighted by molar-refractivity contribution is 5.82. The average molecular weight is 275 g/mol. The third-order valence-electron chi connectivity index (χ3n) is 4.32. The van der Waals surface area contributed by atoms with E-state index in [1.807, 2.05) is 16.8 Å². The van der Waals surface area contributed by atoms with Crippen molar-refractivity contribution in [2.45, 2.75) is 38.9 Å². The quantitative estimate of drug-likeness (QED) is 0.929. The van der Waals surface area contributed by atoms with Gasteiger partial charge in [0.15, 0.2) is 0 Å². The van der Waals surface area contributed by atoms with E-state index in [9.17, 15) is 4.39 Å². The minimum absolute atomic E-state index is 0.182. The Morgan fingerprint density at radius 2 is 2.10 bits per heavy atom. The van der Waals surface area contributed by atoms with Crippen LogP contribution in [0.4, 0.5) is 4.39 Å². The van der Waals surface area contributed by atoms with Crippen LogP contribution >= 0.6 is 0 Å². The van der Waals surface area contributed by atoms with E-state index < -0.39 is 6.17 Å². The van der Waals surface area contributed by atoms with Gasteiger partial charge in [-0.25, -0.2) is 4.39 Å². The Balaban J connectivity index is 1.83. The van der Waals surface area contributed by atoms with Crippen LogP contribution < -0.4 is 5.32 Å². The van der Waals surface area contributed by atoms with Crippen molar-refractivity contribution in [1.29, 1.82) is 0 Å². The maximum absolute atomic E-state index is 14.5. The minimum atomic E-state index is -0.777. The highest BCUT2D eigenvalue weighted by atomic mass is 19.1. The molecule has 2 heterocycles. The van der Waals surface area contributed by atoms with Gasteiger partial charge in [0, 0.05) is 18.4 Å². The van der Waals surface area contributed by atoms with E-state index in [2.05, 4.69) is 29.5 Å². The molecule has 0 saturated carbocycles. The number of hydrogen-bond acceptors (Lipinski definition) is 2. The summed E-state index contributed by atoms with van der Waals surface area (Å²) in [5, 5.41) is 9.00. The largest absolute Gasteiger partial charge is 0.317 e. The van der Waals surface area contributed by atoms with E-state index in [0.717, 1.165) is 49.1 Å². The zero-order valence-electron chi connectivity index (χ0n) is 12.0. The second-order valence-corrected chi connectivity index (χ2v) is 5.59. The third kappa shape index (κ3) is 2.57. The number of hydrogen-bond donors (Lipinski definition) is 1. The molecule has 1 aliphatic rings. The summed E-state index contributed by atoms with van der Waals surface area (Å²) in [6, 6.07) is 8.14. The molecule has 1 aliphatic heterocycles. The van der Waals surface area contributed by atoms with Gasteiger partial charge in [0.2, 0.25) is 0 Å². The fourth-order valence-corrected chi connectivity index (χ4v) is 3.15. The number of aryl methyl sites for hydroxylation is 1. The van der Waals surface area contributed by atoms with E-state index in [1.54, 1.807) is 0 Å². The highest BCUT2D eigenvalue weighted by Gasteiger charge is 2.25. The van der Waals surface area contributed by atoms with E-state index in [4.69, 9.17) is 0 Å². The molecule has 1 unspecified atom stereocenters. The van der Waals surface area contributed by atoms with Crippen molar-refractivity contribution < 1.29 is 4.39 Å². The number of para-hydroxylation sites is 1. The molecule has 3 nitrogen and oxygen atoms in total. The molecule has 1 aromatic carbocycles. The van der Waals surface area contributed by atoms with E-state index in [1.165, 1.54) is 0 Å². The van der Waals surface area contributed by atoms with Crippen molar-refractivity contribution in [3.63, 3.8) is 0 Å². The fourth-order valence-electron chi connectivity index (χ4n) is 3.15. The SMILES string of the molecule is CCn1nc(CC(F)C2CCNCC2)c2ccccc21. The molecule has 0 bridgehead atoms. The van der Waals surface area contributed by atoms with Gasteiger partial charge in [-0.1, -0.05) is 18.2 Å². The lowest BCUT2D eigenvalue weighted by Gasteiger charge is -2.25. The van der Waals surface area contributed by atoms with E-state index in [0.29, 0.717) is 6.42 Å². The van der Waals surface area contributed by atoms with Crippen molar-refractivity contribution in [2.24, 2.45) is 5.92 Å². The van der Waals surface area contributed by atoms with Gasteiger partial charge in [-0.3, -0.25) is 4.68 Å². The van der Waals surface area contributed by atoms with Crippen LogP contribution in [0.5, 0.6) is 0 Å². The molecule has 2 aromatic rings. The Bertz CT molecular complexity index is 572. The molecule has 0 spiro atoms. The number of nitrogens with one attached hydrogen (secondary N) is 1. The number of rotatable bonds is 4. The highest BCUT2D eigenvalue weighted by Crippen LogP contribution is 2.25. The first-order valence-electron chi connectivity index (χ1n) is 7.58. The van der Waals surface area contributed by atoms with Gasteiger partial charge >= 0.3 is 0 Å². The molecule has 20 heavy (non-hydrogen) atoms. The predicted molar refractivity (Wildman–Crippen MR) is 79.6 cm³/mol. The molecule has 0 radical (unpaired) electrons. The normalized spacial score (nSPS) is 18.5. The van der Waals surface area contributed by atoms with Crippen LogP contribution in [0.15, 0.2) is 24.3 Å². The molecular weight excluding hydrogens is 253 g/mol. The molecule has 1 fully saturated rings. The molecule has 1 aromatic heterocycles. The Morgan fingerprint density at radius 1 is 1.35 bits per heavy atom. The number of halogens is 1. The molecule has 0 aliphatic carbocycles. The van der Waals surface area contributed by atoms with Crippen LogP contribution in [0, 0.1) is 5.92 Å². The summed E-state index contributed by atoms with van der Waals surface area (Å²) in [6.45, 7) is 4.78. The number of fused-ring (bicyclic) bond motifs is 1. The lowest BCUT2D eigenvalue weighted by atomic mass is 9.90. The number of benzene rings is 1. The Hall–Kier alpha value is -1.42. The second kappa shape index (κ2) is 5.92. The number of nitrogens with zero attached hydrogens (tertiary/aromatic N) is 2. The molecular formula is C16H22FN3. The number of piperidine rings is 1. The summed E-state index contributed by atoms with van der Waals surface area (Å²) in [6.07, 6.45) is 1.54. The van der Waals surface area contributed by atoms with Gasteiger partial charge in [-0.15, -0.1) is 0 Å². The van der Waals surface area contributed by atoms with Crippen molar-refractivity contribution in [2.75, 3.05) is 13.1 Å². The van der Waals surface area contributed by atoms with Crippen molar-refractivity contribution in [3.8, 4) is 0 Å². The van der Waals surface area contributed by atoms with Crippen LogP contribution in [0.1, 0.15) is 25.5 Å². The molecule has 108 valence electrons. The van der Waals surface area contributed by atoms with Crippen molar-refractivity contribution >= 4 is 10.9 Å². The van der Waals surface area contributed by atoms with E-state index in [-0.39, 0.29) is 5.92 Å². The Morgan fingerprint density at radius 3 is 2.85 bits per heavy atom. The lowest BCUT2D eigenvalue weighted by molar-refractivity contribution is 0.186. The van der Waals surface area contributed by atoms with Crippen LogP contribution in [-0.4, -0.2) is 29.0 Å². The average Bonchev–Trinajstić information content (AvgIpc) is 2.86. The van der Waals surface area contributed by atoms with Gasteiger partial charge in [-0.2, -0.15) is 5.10 Å². The molecule has 1 N–H and O–H groups in total. The molecule has 1 atom stereocenters. The monoisotopic (exact) mass is 275 g/mol. The summed E-state index contributed by atoms with van der Waals surface area (Å²) < 4.78 is 16.5. The van der Waals surface area contributed by atoms with Crippen LogP contribution in [0.25, 0.3) is 10.9 Å². The van der Waals surface area contributed by atoms with Crippen molar-refractivity contribution in [3.05, 3.63) is 30.0 Å². The minimum Gasteiger partial charge on any atom is -0.317 e. The molecule has 0 amide bonds. The van der Waals surface area contributed by atoms with Gasteiger partial charge in [0.1, 0.15) is 6.17 Å². The molecule has 4 heteroatoms. The Labute approximate surface area is 119 Å². The van der Waals surface area contributed by atoms with Gasteiger partial charge < -0.3 is 5.32 Å². The summed E-state index contributed by atoms with van der Waals surface area (Å²) in [5.41, 5.74) is 2.02. The molecule has 1 saturated heterocycles. The van der Waals surface area contributed by atoms with Crippen LogP contribution in [0.2, 0.25) is 0 Å². The topological polar surface area (TPSA) is 29.9 Å². The van der Waals surface area contributed by atoms with Gasteiger partial charge in [-0.05, 0) is 44.8 Å². The van der Waals surface area contributed by atoms with Crippen LogP contribution in [-0.2, 0) is 13.0 Å². The lowest BCUT2D eigenvalue weighted by Crippen LogP contribution is -2.33. The Kier molecular flexibility index (Phi) is 4.01. The summed E-state index contributed by atoms with van der Waals surface area (Å²) in [4.78, 5) is 0. The third-order valence-corrected chi connectivity index (χ3v) is 4.32. The van der Waals surface area contributed by atoms with Crippen molar-refractivity contribution in [1.82, 2.24) is 15.1 Å². The smallest absolute Gasteiger partial charge is 0.109 e. The summed E-state index contributed by atoms with van der Waals surface area (Å²) in [7, 11) is 0. The number of aromatic nitrogens is 2.